The summed E-state index contributed by atoms with van der Waals surface area (Å²) in [6.45, 7) is 0.870. The molecule has 4 rings (SSSR count). The number of urea groups is 1. The van der Waals surface area contributed by atoms with E-state index in [-0.39, 0.29) is 30.2 Å². The predicted octanol–water partition coefficient (Wildman–Crippen LogP) is 3.95. The van der Waals surface area contributed by atoms with Gasteiger partial charge in [0.05, 0.1) is 35.2 Å². The molecule has 2 aliphatic heterocycles. The van der Waals surface area contributed by atoms with Crippen molar-refractivity contribution >= 4 is 34.9 Å². The Hall–Kier alpha value is -2.23. The van der Waals surface area contributed by atoms with Crippen LogP contribution in [0.1, 0.15) is 5.56 Å². The normalized spacial score (nSPS) is 25.5. The predicted molar refractivity (Wildman–Crippen MR) is 109 cm³/mol. The molecule has 2 heterocycles. The Morgan fingerprint density at radius 3 is 2.57 bits per heavy atom. The van der Waals surface area contributed by atoms with E-state index in [1.165, 1.54) is 0 Å². The lowest BCUT2D eigenvalue weighted by Gasteiger charge is -2.18. The lowest BCUT2D eigenvalue weighted by molar-refractivity contribution is 0.0666. The molecule has 144 valence electrons. The van der Waals surface area contributed by atoms with Crippen molar-refractivity contribution in [2.24, 2.45) is 5.92 Å². The number of hydrogen-bond donors (Lipinski definition) is 2. The van der Waals surface area contributed by atoms with Gasteiger partial charge in [-0.25, -0.2) is 4.79 Å². The molecule has 0 bridgehead atoms. The van der Waals surface area contributed by atoms with Gasteiger partial charge in [-0.2, -0.15) is 0 Å². The lowest BCUT2D eigenvalue weighted by atomic mass is 10.0. The Morgan fingerprint density at radius 2 is 1.79 bits per heavy atom. The van der Waals surface area contributed by atoms with Crippen molar-refractivity contribution in [2.45, 2.75) is 18.2 Å². The molecule has 0 spiro atoms. The smallest absolute Gasteiger partial charge is 0.319 e. The van der Waals surface area contributed by atoms with E-state index in [1.54, 1.807) is 18.2 Å². The molecule has 0 aliphatic carbocycles. The Labute approximate surface area is 173 Å². The van der Waals surface area contributed by atoms with Gasteiger partial charge in [0.15, 0.2) is 0 Å². The zero-order valence-corrected chi connectivity index (χ0v) is 16.3. The highest BCUT2D eigenvalue weighted by molar-refractivity contribution is 6.42. The van der Waals surface area contributed by atoms with E-state index in [0.29, 0.717) is 28.9 Å². The summed E-state index contributed by atoms with van der Waals surface area (Å²) < 4.78 is 11.7. The summed E-state index contributed by atoms with van der Waals surface area (Å²) in [6.07, 6.45) is -0.360. The summed E-state index contributed by atoms with van der Waals surface area (Å²) >= 11 is 11.9. The van der Waals surface area contributed by atoms with E-state index in [4.69, 9.17) is 32.7 Å². The molecule has 0 radical (unpaired) electrons. The van der Waals surface area contributed by atoms with Crippen molar-refractivity contribution in [3.05, 3.63) is 64.1 Å². The number of carbonyl (C=O) groups is 1. The molecule has 4 atom stereocenters. The van der Waals surface area contributed by atoms with Gasteiger partial charge in [0, 0.05) is 11.3 Å². The van der Waals surface area contributed by atoms with Crippen molar-refractivity contribution in [1.82, 2.24) is 5.32 Å². The van der Waals surface area contributed by atoms with Crippen LogP contribution >= 0.6 is 23.2 Å². The first kappa shape index (κ1) is 19.1. The van der Waals surface area contributed by atoms with E-state index in [0.717, 1.165) is 5.56 Å². The largest absolute Gasteiger partial charge is 0.372 e. The monoisotopic (exact) mass is 416 g/mol. The molecule has 5 nitrogen and oxygen atoms in total. The maximum Gasteiger partial charge on any atom is 0.319 e. The Morgan fingerprint density at radius 1 is 1.00 bits per heavy atom. The molecule has 2 aromatic carbocycles. The summed E-state index contributed by atoms with van der Waals surface area (Å²) in [5, 5.41) is 6.45. The number of carbonyl (C=O) groups excluding carboxylic acids is 1. The molecule has 2 aromatic rings. The second kappa shape index (κ2) is 8.42. The molecule has 2 N–H and O–H groups in total. The quantitative estimate of drug-likeness (QED) is 0.728. The highest BCUT2D eigenvalue weighted by atomic mass is 35.5. The van der Waals surface area contributed by atoms with Gasteiger partial charge >= 0.3 is 6.03 Å². The van der Waals surface area contributed by atoms with Gasteiger partial charge in [-0.15, -0.1) is 0 Å². The lowest BCUT2D eigenvalue weighted by Crippen LogP contribution is -2.45. The average Bonchev–Trinajstić information content (AvgIpc) is 3.27. The third-order valence-corrected chi connectivity index (χ3v) is 5.46. The Bertz CT molecular complexity index is 926. The third-order valence-electron chi connectivity index (χ3n) is 4.72. The average molecular weight is 417 g/mol. The van der Waals surface area contributed by atoms with Crippen molar-refractivity contribution in [3.8, 4) is 11.8 Å². The first-order valence-electron chi connectivity index (χ1n) is 8.92. The number of halogens is 2. The molecule has 2 aliphatic rings. The van der Waals surface area contributed by atoms with Crippen molar-refractivity contribution < 1.29 is 14.3 Å². The van der Waals surface area contributed by atoms with Crippen molar-refractivity contribution in [3.63, 3.8) is 0 Å². The summed E-state index contributed by atoms with van der Waals surface area (Å²) in [6, 6.07) is 14.1. The van der Waals surface area contributed by atoms with E-state index in [1.807, 2.05) is 30.3 Å². The van der Waals surface area contributed by atoms with Crippen LogP contribution in [0.5, 0.6) is 0 Å². The molecule has 0 unspecified atom stereocenters. The van der Waals surface area contributed by atoms with Gasteiger partial charge in [-0.05, 0) is 30.3 Å². The number of amides is 2. The fraction of sp³-hybridized carbons (Fsp3) is 0.286. The highest BCUT2D eigenvalue weighted by Gasteiger charge is 2.47. The highest BCUT2D eigenvalue weighted by Crippen LogP contribution is 2.31. The zero-order valence-electron chi connectivity index (χ0n) is 14.8. The van der Waals surface area contributed by atoms with Gasteiger partial charge in [0.25, 0.3) is 0 Å². The minimum Gasteiger partial charge on any atom is -0.372 e. The summed E-state index contributed by atoms with van der Waals surface area (Å²) in [5.74, 6) is 6.38. The molecular weight excluding hydrogens is 399 g/mol. The molecule has 2 fully saturated rings. The first-order chi connectivity index (χ1) is 13.6. The molecule has 7 heteroatoms. The Kier molecular flexibility index (Phi) is 5.74. The SMILES string of the molecule is O=C(Nc1ccc(Cl)c(Cl)c1)N[C@H]1CO[C@@H]2[C@@H]1OC[C@H]2C#Cc1ccccc1. The molecular formula is C21H18Cl2N2O3. The summed E-state index contributed by atoms with van der Waals surface area (Å²) in [7, 11) is 0. The Balaban J connectivity index is 1.35. The van der Waals surface area contributed by atoms with Crippen LogP contribution in [0.2, 0.25) is 10.0 Å². The molecule has 0 saturated carbocycles. The van der Waals surface area contributed by atoms with Crippen LogP contribution in [0.15, 0.2) is 48.5 Å². The van der Waals surface area contributed by atoms with Crippen molar-refractivity contribution in [2.75, 3.05) is 18.5 Å². The first-order valence-corrected chi connectivity index (χ1v) is 9.68. The molecule has 0 aromatic heterocycles. The van der Waals surface area contributed by atoms with E-state index in [9.17, 15) is 4.79 Å². The maximum absolute atomic E-state index is 12.3. The van der Waals surface area contributed by atoms with Crippen molar-refractivity contribution in [1.29, 1.82) is 0 Å². The number of ether oxygens (including phenoxy) is 2. The number of nitrogens with one attached hydrogen (secondary N) is 2. The van der Waals surface area contributed by atoms with E-state index in [2.05, 4.69) is 22.5 Å². The van der Waals surface area contributed by atoms with Crippen LogP contribution in [-0.4, -0.2) is 37.5 Å². The molecule has 2 amide bonds. The summed E-state index contributed by atoms with van der Waals surface area (Å²) in [5.41, 5.74) is 1.51. The zero-order chi connectivity index (χ0) is 19.5. The fourth-order valence-electron chi connectivity index (χ4n) is 3.35. The maximum atomic E-state index is 12.3. The summed E-state index contributed by atoms with van der Waals surface area (Å²) in [4.78, 5) is 12.3. The number of fused-ring (bicyclic) bond motifs is 1. The van der Waals surface area contributed by atoms with Gasteiger partial charge in [-0.1, -0.05) is 53.2 Å². The van der Waals surface area contributed by atoms with Crippen LogP contribution in [-0.2, 0) is 9.47 Å². The second-order valence-corrected chi connectivity index (χ2v) is 7.49. The van der Waals surface area contributed by atoms with Gasteiger partial charge in [-0.3, -0.25) is 0 Å². The van der Waals surface area contributed by atoms with Gasteiger partial charge in [0.1, 0.15) is 12.2 Å². The molecule has 28 heavy (non-hydrogen) atoms. The van der Waals surface area contributed by atoms with Crippen LogP contribution in [0.4, 0.5) is 10.5 Å². The number of benzene rings is 2. The minimum atomic E-state index is -0.352. The number of anilines is 1. The van der Waals surface area contributed by atoms with Gasteiger partial charge < -0.3 is 20.1 Å². The van der Waals surface area contributed by atoms with E-state index >= 15 is 0 Å². The van der Waals surface area contributed by atoms with Crippen LogP contribution in [0, 0.1) is 17.8 Å². The number of hydrogen-bond acceptors (Lipinski definition) is 3. The fourth-order valence-corrected chi connectivity index (χ4v) is 3.65. The molecule has 2 saturated heterocycles. The van der Waals surface area contributed by atoms with Crippen LogP contribution < -0.4 is 10.6 Å². The second-order valence-electron chi connectivity index (χ2n) is 6.67. The minimum absolute atomic E-state index is 0.0184. The van der Waals surface area contributed by atoms with Gasteiger partial charge in [0.2, 0.25) is 0 Å². The van der Waals surface area contributed by atoms with Crippen LogP contribution in [0.3, 0.4) is 0 Å². The number of rotatable bonds is 2. The van der Waals surface area contributed by atoms with Crippen LogP contribution in [0.25, 0.3) is 0 Å². The van der Waals surface area contributed by atoms with E-state index < -0.39 is 0 Å². The standard InChI is InChI=1S/C21H18Cl2N2O3/c22-16-9-8-15(10-17(16)23)24-21(26)25-18-12-28-19-14(11-27-20(18)19)7-6-13-4-2-1-3-5-13/h1-5,8-10,14,18-20H,11-12H2,(H2,24,25,26)/t14-,18+,19+,20-/m1/s1. The topological polar surface area (TPSA) is 59.6 Å². The third kappa shape index (κ3) is 4.26.